The van der Waals surface area contributed by atoms with Gasteiger partial charge in [0.05, 0.1) is 7.11 Å². The average Bonchev–Trinajstić information content (AvgIpc) is 2.30. The first-order chi connectivity index (χ1) is 7.65. The molecule has 1 unspecified atom stereocenters. The van der Waals surface area contributed by atoms with Gasteiger partial charge in [0.2, 0.25) is 0 Å². The molecule has 1 rings (SSSR count). The minimum Gasteiger partial charge on any atom is -0.468 e. The van der Waals surface area contributed by atoms with Crippen LogP contribution < -0.4 is 5.32 Å². The smallest absolute Gasteiger partial charge is 0.323 e. The van der Waals surface area contributed by atoms with Crippen molar-refractivity contribution in [3.05, 3.63) is 0 Å². The van der Waals surface area contributed by atoms with E-state index in [-0.39, 0.29) is 12.0 Å². The molecule has 1 N–H and O–H groups in total. The van der Waals surface area contributed by atoms with Gasteiger partial charge in [0.15, 0.2) is 0 Å². The maximum absolute atomic E-state index is 11.7. The largest absolute Gasteiger partial charge is 0.468 e. The lowest BCUT2D eigenvalue weighted by Crippen LogP contribution is -2.45. The Morgan fingerprint density at radius 3 is 2.44 bits per heavy atom. The van der Waals surface area contributed by atoms with E-state index in [1.54, 1.807) is 0 Å². The number of esters is 1. The SMILES string of the molecule is COC(=O)C(NCC(C)C)C1CCCCC1. The highest BCUT2D eigenvalue weighted by molar-refractivity contribution is 5.76. The Labute approximate surface area is 98.9 Å². The average molecular weight is 227 g/mol. The van der Waals surface area contributed by atoms with Gasteiger partial charge in [0.25, 0.3) is 0 Å². The summed E-state index contributed by atoms with van der Waals surface area (Å²) in [6.45, 7) is 5.20. The summed E-state index contributed by atoms with van der Waals surface area (Å²) in [7, 11) is 1.48. The molecule has 3 nitrogen and oxygen atoms in total. The van der Waals surface area contributed by atoms with Gasteiger partial charge in [0, 0.05) is 0 Å². The second-order valence-corrected chi connectivity index (χ2v) is 5.20. The lowest BCUT2D eigenvalue weighted by molar-refractivity contribution is -0.145. The molecule has 16 heavy (non-hydrogen) atoms. The summed E-state index contributed by atoms with van der Waals surface area (Å²) in [4.78, 5) is 11.7. The molecule has 1 aliphatic rings. The number of hydrogen-bond donors (Lipinski definition) is 1. The van der Waals surface area contributed by atoms with Gasteiger partial charge in [-0.15, -0.1) is 0 Å². The Balaban J connectivity index is 2.51. The number of hydrogen-bond acceptors (Lipinski definition) is 3. The first-order valence-corrected chi connectivity index (χ1v) is 6.46. The van der Waals surface area contributed by atoms with Crippen LogP contribution in [-0.4, -0.2) is 25.7 Å². The van der Waals surface area contributed by atoms with E-state index in [2.05, 4.69) is 19.2 Å². The zero-order valence-electron chi connectivity index (χ0n) is 10.8. The molecule has 0 radical (unpaired) electrons. The molecule has 1 aliphatic carbocycles. The number of nitrogens with one attached hydrogen (secondary N) is 1. The molecule has 0 aliphatic heterocycles. The van der Waals surface area contributed by atoms with E-state index >= 15 is 0 Å². The van der Waals surface area contributed by atoms with Crippen LogP contribution in [-0.2, 0) is 9.53 Å². The van der Waals surface area contributed by atoms with E-state index in [0.29, 0.717) is 11.8 Å². The molecule has 1 saturated carbocycles. The van der Waals surface area contributed by atoms with Gasteiger partial charge in [-0.1, -0.05) is 33.1 Å². The summed E-state index contributed by atoms with van der Waals surface area (Å²) < 4.78 is 4.90. The first kappa shape index (κ1) is 13.5. The third-order valence-corrected chi connectivity index (χ3v) is 3.32. The molecule has 0 heterocycles. The quantitative estimate of drug-likeness (QED) is 0.733. The van der Waals surface area contributed by atoms with Crippen LogP contribution in [0.1, 0.15) is 46.0 Å². The summed E-state index contributed by atoms with van der Waals surface area (Å²) in [6, 6.07) is -0.0901. The number of methoxy groups -OCH3 is 1. The van der Waals surface area contributed by atoms with Gasteiger partial charge in [-0.2, -0.15) is 0 Å². The van der Waals surface area contributed by atoms with Crippen LogP contribution in [0.5, 0.6) is 0 Å². The molecule has 1 fully saturated rings. The van der Waals surface area contributed by atoms with E-state index in [1.807, 2.05) is 0 Å². The molecule has 94 valence electrons. The van der Waals surface area contributed by atoms with Gasteiger partial charge in [-0.05, 0) is 31.2 Å². The lowest BCUT2D eigenvalue weighted by Gasteiger charge is -2.29. The summed E-state index contributed by atoms with van der Waals surface area (Å²) in [5.41, 5.74) is 0. The van der Waals surface area contributed by atoms with E-state index < -0.39 is 0 Å². The summed E-state index contributed by atoms with van der Waals surface area (Å²) in [5.74, 6) is 0.947. The van der Waals surface area contributed by atoms with E-state index in [9.17, 15) is 4.79 Å². The third-order valence-electron chi connectivity index (χ3n) is 3.32. The van der Waals surface area contributed by atoms with Crippen LogP contribution in [0.25, 0.3) is 0 Å². The number of carbonyl (C=O) groups excluding carboxylic acids is 1. The second kappa shape index (κ2) is 6.89. The standard InChI is InChI=1S/C13H25NO2/c1-10(2)9-14-12(13(15)16-3)11-7-5-4-6-8-11/h10-12,14H,4-9H2,1-3H3. The van der Waals surface area contributed by atoms with Crippen molar-refractivity contribution in [1.82, 2.24) is 5.32 Å². The maximum atomic E-state index is 11.7. The molecule has 0 aromatic heterocycles. The van der Waals surface area contributed by atoms with Crippen molar-refractivity contribution in [3.63, 3.8) is 0 Å². The molecule has 0 aromatic rings. The number of rotatable bonds is 5. The molecule has 0 amide bonds. The van der Waals surface area contributed by atoms with Gasteiger partial charge in [0.1, 0.15) is 6.04 Å². The molecule has 0 spiro atoms. The van der Waals surface area contributed by atoms with Crippen molar-refractivity contribution >= 4 is 5.97 Å². The van der Waals surface area contributed by atoms with E-state index in [4.69, 9.17) is 4.74 Å². The minimum atomic E-state index is -0.0902. The van der Waals surface area contributed by atoms with Crippen LogP contribution in [0, 0.1) is 11.8 Å². The highest BCUT2D eigenvalue weighted by atomic mass is 16.5. The highest BCUT2D eigenvalue weighted by Gasteiger charge is 2.29. The van der Waals surface area contributed by atoms with Gasteiger partial charge in [-0.3, -0.25) is 4.79 Å². The van der Waals surface area contributed by atoms with Gasteiger partial charge in [-0.25, -0.2) is 0 Å². The fourth-order valence-corrected chi connectivity index (χ4v) is 2.40. The number of carbonyl (C=O) groups is 1. The van der Waals surface area contributed by atoms with Crippen LogP contribution >= 0.6 is 0 Å². The zero-order valence-corrected chi connectivity index (χ0v) is 10.8. The number of ether oxygens (including phenoxy) is 1. The Morgan fingerprint density at radius 1 is 1.31 bits per heavy atom. The Kier molecular flexibility index (Phi) is 5.81. The highest BCUT2D eigenvalue weighted by Crippen LogP contribution is 2.27. The predicted molar refractivity (Wildman–Crippen MR) is 65.2 cm³/mol. The first-order valence-electron chi connectivity index (χ1n) is 6.46. The van der Waals surface area contributed by atoms with E-state index in [0.717, 1.165) is 19.4 Å². The van der Waals surface area contributed by atoms with Crippen molar-refractivity contribution < 1.29 is 9.53 Å². The monoisotopic (exact) mass is 227 g/mol. The molecular formula is C13H25NO2. The molecule has 0 saturated heterocycles. The summed E-state index contributed by atoms with van der Waals surface area (Å²) >= 11 is 0. The van der Waals surface area contributed by atoms with Crippen LogP contribution in [0.3, 0.4) is 0 Å². The Morgan fingerprint density at radius 2 is 1.94 bits per heavy atom. The fourth-order valence-electron chi connectivity index (χ4n) is 2.40. The maximum Gasteiger partial charge on any atom is 0.323 e. The van der Waals surface area contributed by atoms with Crippen molar-refractivity contribution in [2.45, 2.75) is 52.0 Å². The van der Waals surface area contributed by atoms with E-state index in [1.165, 1.54) is 26.4 Å². The second-order valence-electron chi connectivity index (χ2n) is 5.20. The zero-order chi connectivity index (χ0) is 12.0. The normalized spacial score (nSPS) is 19.8. The van der Waals surface area contributed by atoms with Crippen LogP contribution in [0.4, 0.5) is 0 Å². The molecular weight excluding hydrogens is 202 g/mol. The van der Waals surface area contributed by atoms with Crippen molar-refractivity contribution in [2.24, 2.45) is 11.8 Å². The van der Waals surface area contributed by atoms with Gasteiger partial charge >= 0.3 is 5.97 Å². The van der Waals surface area contributed by atoms with Crippen molar-refractivity contribution in [1.29, 1.82) is 0 Å². The molecule has 0 aromatic carbocycles. The predicted octanol–water partition coefficient (Wildman–Crippen LogP) is 2.35. The summed E-state index contributed by atoms with van der Waals surface area (Å²) in [6.07, 6.45) is 6.13. The summed E-state index contributed by atoms with van der Waals surface area (Å²) in [5, 5.41) is 3.37. The van der Waals surface area contributed by atoms with Crippen molar-refractivity contribution in [3.8, 4) is 0 Å². The Bertz CT molecular complexity index is 210. The van der Waals surface area contributed by atoms with Crippen LogP contribution in [0.2, 0.25) is 0 Å². The Hall–Kier alpha value is -0.570. The minimum absolute atomic E-state index is 0.0901. The molecule has 3 heteroatoms. The van der Waals surface area contributed by atoms with Crippen molar-refractivity contribution in [2.75, 3.05) is 13.7 Å². The third kappa shape index (κ3) is 4.12. The topological polar surface area (TPSA) is 38.3 Å². The lowest BCUT2D eigenvalue weighted by atomic mass is 9.83. The molecule has 0 bridgehead atoms. The van der Waals surface area contributed by atoms with Crippen LogP contribution in [0.15, 0.2) is 0 Å². The molecule has 1 atom stereocenters. The van der Waals surface area contributed by atoms with Gasteiger partial charge < -0.3 is 10.1 Å². The fraction of sp³-hybridized carbons (Fsp3) is 0.923.